The first-order valence-electron chi connectivity index (χ1n) is 10.4. The maximum Gasteiger partial charge on any atom is 0.244 e. The maximum absolute atomic E-state index is 13.5. The number of sulfonamides is 1. The molecule has 0 bridgehead atoms. The van der Waals surface area contributed by atoms with Crippen LogP contribution in [0.15, 0.2) is 42.5 Å². The minimum absolute atomic E-state index is 0.111. The summed E-state index contributed by atoms with van der Waals surface area (Å²) in [5.74, 6) is -1.65. The number of nitrogens with one attached hydrogen (secondary N) is 1. The summed E-state index contributed by atoms with van der Waals surface area (Å²) in [6.07, 6.45) is 0.939. The van der Waals surface area contributed by atoms with Gasteiger partial charge in [0.2, 0.25) is 21.8 Å². The molecule has 0 fully saturated rings. The third-order valence-corrected chi connectivity index (χ3v) is 6.70. The van der Waals surface area contributed by atoms with Crippen molar-refractivity contribution >= 4 is 50.7 Å². The van der Waals surface area contributed by atoms with Crippen LogP contribution < -0.4 is 9.62 Å². The number of nitrogens with zero attached hydrogens (tertiary/aromatic N) is 2. The van der Waals surface area contributed by atoms with E-state index in [0.717, 1.165) is 22.7 Å². The van der Waals surface area contributed by atoms with Crippen LogP contribution in [0.3, 0.4) is 0 Å². The van der Waals surface area contributed by atoms with E-state index in [4.69, 9.17) is 23.2 Å². The highest BCUT2D eigenvalue weighted by atomic mass is 35.5. The Bertz CT molecular complexity index is 1130. The van der Waals surface area contributed by atoms with Gasteiger partial charge in [-0.15, -0.1) is 0 Å². The summed E-state index contributed by atoms with van der Waals surface area (Å²) in [6, 6.07) is 8.59. The van der Waals surface area contributed by atoms with Gasteiger partial charge in [-0.2, -0.15) is 0 Å². The van der Waals surface area contributed by atoms with E-state index in [9.17, 15) is 22.4 Å². The van der Waals surface area contributed by atoms with Crippen molar-refractivity contribution in [1.82, 2.24) is 10.2 Å². The van der Waals surface area contributed by atoms with E-state index < -0.39 is 45.8 Å². The molecule has 2 rings (SSSR count). The van der Waals surface area contributed by atoms with Gasteiger partial charge < -0.3 is 10.2 Å². The topological polar surface area (TPSA) is 86.8 Å². The molecular formula is C23H28Cl2FN3O4S. The van der Waals surface area contributed by atoms with Crippen LogP contribution in [0, 0.1) is 5.82 Å². The molecule has 0 saturated heterocycles. The zero-order chi connectivity index (χ0) is 25.8. The maximum atomic E-state index is 13.5. The predicted octanol–water partition coefficient (Wildman–Crippen LogP) is 4.23. The van der Waals surface area contributed by atoms with Gasteiger partial charge in [-0.25, -0.2) is 12.8 Å². The van der Waals surface area contributed by atoms with E-state index in [1.54, 1.807) is 39.0 Å². The number of anilines is 1. The molecule has 7 nitrogen and oxygen atoms in total. The monoisotopic (exact) mass is 531 g/mol. The third-order valence-electron chi connectivity index (χ3n) is 4.85. The molecule has 0 aliphatic carbocycles. The third kappa shape index (κ3) is 7.58. The highest BCUT2D eigenvalue weighted by Crippen LogP contribution is 2.27. The molecule has 186 valence electrons. The molecule has 2 aromatic rings. The van der Waals surface area contributed by atoms with Gasteiger partial charge >= 0.3 is 0 Å². The van der Waals surface area contributed by atoms with Gasteiger partial charge in [0.1, 0.15) is 18.4 Å². The summed E-state index contributed by atoms with van der Waals surface area (Å²) >= 11 is 12.6. The van der Waals surface area contributed by atoms with Gasteiger partial charge in [0, 0.05) is 27.7 Å². The zero-order valence-corrected chi connectivity index (χ0v) is 21.9. The molecule has 1 N–H and O–H groups in total. The fourth-order valence-corrected chi connectivity index (χ4v) is 4.50. The second-order valence-electron chi connectivity index (χ2n) is 8.88. The second-order valence-corrected chi connectivity index (χ2v) is 11.6. The second kappa shape index (κ2) is 10.9. The molecule has 0 spiro atoms. The lowest BCUT2D eigenvalue weighted by atomic mass is 10.1. The highest BCUT2D eigenvalue weighted by molar-refractivity contribution is 7.92. The van der Waals surface area contributed by atoms with Crippen molar-refractivity contribution in [3.63, 3.8) is 0 Å². The summed E-state index contributed by atoms with van der Waals surface area (Å²) in [5.41, 5.74) is -0.0308. The van der Waals surface area contributed by atoms with Crippen LogP contribution in [0.5, 0.6) is 0 Å². The largest absolute Gasteiger partial charge is 0.350 e. The fraction of sp³-hybridized carbons (Fsp3) is 0.391. The number of amides is 2. The van der Waals surface area contributed by atoms with E-state index in [1.165, 1.54) is 24.0 Å². The first-order chi connectivity index (χ1) is 15.6. The lowest BCUT2D eigenvalue weighted by molar-refractivity contribution is -0.140. The Morgan fingerprint density at radius 3 is 2.06 bits per heavy atom. The van der Waals surface area contributed by atoms with E-state index in [0.29, 0.717) is 15.6 Å². The van der Waals surface area contributed by atoms with Crippen molar-refractivity contribution in [1.29, 1.82) is 0 Å². The number of carbonyl (C=O) groups is 2. The van der Waals surface area contributed by atoms with Crippen LogP contribution in [0.4, 0.5) is 10.1 Å². The van der Waals surface area contributed by atoms with Crippen molar-refractivity contribution in [2.24, 2.45) is 0 Å². The molecule has 0 heterocycles. The summed E-state index contributed by atoms with van der Waals surface area (Å²) in [7, 11) is -3.91. The van der Waals surface area contributed by atoms with Crippen LogP contribution in [-0.2, 0) is 26.2 Å². The molecule has 0 aliphatic rings. The standard InChI is InChI=1S/C23H28Cl2FN3O4S/c1-15(22(31)27-23(2,3)4)28(13-18-19(24)7-6-8-20(18)25)21(30)14-29(34(5,32)33)17-11-9-16(26)10-12-17/h6-12,15H,13-14H2,1-5H3,(H,27,31)/t15-/m1/s1. The Hall–Kier alpha value is -2.36. The molecule has 0 aliphatic heterocycles. The van der Waals surface area contributed by atoms with Crippen LogP contribution >= 0.6 is 23.2 Å². The Kier molecular flexibility index (Phi) is 8.96. The highest BCUT2D eigenvalue weighted by Gasteiger charge is 2.32. The lowest BCUT2D eigenvalue weighted by Crippen LogP contribution is -2.54. The van der Waals surface area contributed by atoms with Crippen LogP contribution in [-0.4, -0.2) is 49.5 Å². The average molecular weight is 532 g/mol. The first kappa shape index (κ1) is 27.9. The van der Waals surface area contributed by atoms with Gasteiger partial charge in [0.05, 0.1) is 11.9 Å². The van der Waals surface area contributed by atoms with Gasteiger partial charge in [0.25, 0.3) is 0 Å². The van der Waals surface area contributed by atoms with Crippen molar-refractivity contribution < 1.29 is 22.4 Å². The summed E-state index contributed by atoms with van der Waals surface area (Å²) in [4.78, 5) is 27.6. The number of hydrogen-bond donors (Lipinski definition) is 1. The number of halogens is 3. The summed E-state index contributed by atoms with van der Waals surface area (Å²) in [6.45, 7) is 6.20. The lowest BCUT2D eigenvalue weighted by Gasteiger charge is -2.33. The van der Waals surface area contributed by atoms with Crippen LogP contribution in [0.1, 0.15) is 33.3 Å². The Balaban J connectivity index is 2.46. The van der Waals surface area contributed by atoms with Crippen molar-refractivity contribution in [2.45, 2.75) is 45.8 Å². The van der Waals surface area contributed by atoms with Gasteiger partial charge in [-0.05, 0) is 64.1 Å². The quantitative estimate of drug-likeness (QED) is 0.552. The number of carbonyl (C=O) groups excluding carboxylic acids is 2. The average Bonchev–Trinajstić information content (AvgIpc) is 2.70. The molecule has 0 unspecified atom stereocenters. The van der Waals surface area contributed by atoms with Gasteiger partial charge in [-0.1, -0.05) is 29.3 Å². The van der Waals surface area contributed by atoms with E-state index in [-0.39, 0.29) is 12.2 Å². The van der Waals surface area contributed by atoms with Crippen molar-refractivity contribution in [2.75, 3.05) is 17.1 Å². The summed E-state index contributed by atoms with van der Waals surface area (Å²) < 4.78 is 39.2. The molecule has 2 amide bonds. The first-order valence-corrected chi connectivity index (χ1v) is 13.0. The number of rotatable bonds is 8. The van der Waals surface area contributed by atoms with Crippen molar-refractivity contribution in [3.05, 3.63) is 63.9 Å². The molecule has 34 heavy (non-hydrogen) atoms. The molecule has 0 radical (unpaired) electrons. The molecule has 0 aromatic heterocycles. The SMILES string of the molecule is C[C@H](C(=O)NC(C)(C)C)N(Cc1c(Cl)cccc1Cl)C(=O)CN(c1ccc(F)cc1)S(C)(=O)=O. The van der Waals surface area contributed by atoms with E-state index >= 15 is 0 Å². The summed E-state index contributed by atoms with van der Waals surface area (Å²) in [5, 5.41) is 3.42. The Labute approximate surface area is 209 Å². The van der Waals surface area contributed by atoms with Crippen LogP contribution in [0.2, 0.25) is 10.0 Å². The fourth-order valence-electron chi connectivity index (χ4n) is 3.13. The minimum Gasteiger partial charge on any atom is -0.350 e. The predicted molar refractivity (Wildman–Crippen MR) is 133 cm³/mol. The Morgan fingerprint density at radius 1 is 1.06 bits per heavy atom. The van der Waals surface area contributed by atoms with Crippen molar-refractivity contribution in [3.8, 4) is 0 Å². The van der Waals surface area contributed by atoms with Crippen LogP contribution in [0.25, 0.3) is 0 Å². The molecule has 2 aromatic carbocycles. The smallest absolute Gasteiger partial charge is 0.244 e. The molecular weight excluding hydrogens is 504 g/mol. The Morgan fingerprint density at radius 2 is 1.59 bits per heavy atom. The molecule has 1 atom stereocenters. The zero-order valence-electron chi connectivity index (χ0n) is 19.6. The minimum atomic E-state index is -3.91. The number of hydrogen-bond acceptors (Lipinski definition) is 4. The normalized spacial score (nSPS) is 12.7. The van der Waals surface area contributed by atoms with E-state index in [1.807, 2.05) is 0 Å². The molecule has 11 heteroatoms. The van der Waals surface area contributed by atoms with E-state index in [2.05, 4.69) is 5.32 Å². The van der Waals surface area contributed by atoms with Gasteiger partial charge in [0.15, 0.2) is 0 Å². The van der Waals surface area contributed by atoms with Gasteiger partial charge in [-0.3, -0.25) is 13.9 Å². The number of benzene rings is 2. The molecule has 0 saturated carbocycles.